The predicted molar refractivity (Wildman–Crippen MR) is 88.5 cm³/mol. The molecule has 0 radical (unpaired) electrons. The molecule has 1 atom stereocenters. The van der Waals surface area contributed by atoms with E-state index in [0.29, 0.717) is 12.0 Å². The van der Waals surface area contributed by atoms with E-state index in [-0.39, 0.29) is 0 Å². The van der Waals surface area contributed by atoms with Crippen LogP contribution in [-0.4, -0.2) is 16.3 Å². The Hall–Kier alpha value is -1.61. The molecule has 2 rings (SSSR count). The number of rotatable bonds is 7. The molecule has 0 aliphatic rings. The second-order valence-electron chi connectivity index (χ2n) is 5.98. The van der Waals surface area contributed by atoms with Crippen LogP contribution in [0, 0.1) is 6.92 Å². The number of nitrogens with one attached hydrogen (secondary N) is 1. The Morgan fingerprint density at radius 1 is 1.10 bits per heavy atom. The van der Waals surface area contributed by atoms with Gasteiger partial charge in [-0.2, -0.15) is 5.10 Å². The minimum absolute atomic E-state index is 0.310. The summed E-state index contributed by atoms with van der Waals surface area (Å²) in [6, 6.07) is 11.4. The van der Waals surface area contributed by atoms with E-state index in [1.807, 2.05) is 6.20 Å². The van der Waals surface area contributed by atoms with Crippen molar-refractivity contribution in [2.75, 3.05) is 6.54 Å². The average molecular weight is 285 g/mol. The topological polar surface area (TPSA) is 29.9 Å². The van der Waals surface area contributed by atoms with Crippen molar-refractivity contribution in [1.29, 1.82) is 0 Å². The van der Waals surface area contributed by atoms with Gasteiger partial charge in [0.15, 0.2) is 0 Å². The molecule has 0 aliphatic carbocycles. The number of benzene rings is 1. The molecule has 0 spiro atoms. The first kappa shape index (κ1) is 15.8. The predicted octanol–water partition coefficient (Wildman–Crippen LogP) is 4.06. The van der Waals surface area contributed by atoms with Crippen LogP contribution in [0.25, 0.3) is 0 Å². The molecular formula is C18H27N3. The van der Waals surface area contributed by atoms with Gasteiger partial charge in [-0.1, -0.05) is 45.0 Å². The Morgan fingerprint density at radius 2 is 1.76 bits per heavy atom. The van der Waals surface area contributed by atoms with Crippen LogP contribution in [0.4, 0.5) is 0 Å². The monoisotopic (exact) mass is 285 g/mol. The molecule has 1 heterocycles. The first-order valence-corrected chi connectivity index (χ1v) is 7.93. The van der Waals surface area contributed by atoms with E-state index in [1.54, 1.807) is 0 Å². The highest BCUT2D eigenvalue weighted by molar-refractivity contribution is 5.27. The Labute approximate surface area is 128 Å². The molecule has 0 saturated carbocycles. The molecule has 21 heavy (non-hydrogen) atoms. The molecule has 3 heteroatoms. The third-order valence-electron chi connectivity index (χ3n) is 3.93. The van der Waals surface area contributed by atoms with Crippen molar-refractivity contribution < 1.29 is 0 Å². The lowest BCUT2D eigenvalue weighted by Gasteiger charge is -2.20. The Bertz CT molecular complexity index is 540. The third kappa shape index (κ3) is 4.18. The molecule has 0 amide bonds. The summed E-state index contributed by atoms with van der Waals surface area (Å²) in [5, 5.41) is 8.05. The molecule has 1 unspecified atom stereocenters. The second kappa shape index (κ2) is 7.41. The fraction of sp³-hybridized carbons (Fsp3) is 0.500. The van der Waals surface area contributed by atoms with Crippen molar-refractivity contribution in [3.63, 3.8) is 0 Å². The van der Waals surface area contributed by atoms with Gasteiger partial charge in [0.1, 0.15) is 0 Å². The van der Waals surface area contributed by atoms with Crippen LogP contribution >= 0.6 is 0 Å². The second-order valence-corrected chi connectivity index (χ2v) is 5.98. The van der Waals surface area contributed by atoms with E-state index in [2.05, 4.69) is 73.1 Å². The molecular weight excluding hydrogens is 258 g/mol. The molecule has 0 fully saturated rings. The van der Waals surface area contributed by atoms with Gasteiger partial charge >= 0.3 is 0 Å². The minimum atomic E-state index is 0.310. The lowest BCUT2D eigenvalue weighted by atomic mass is 9.99. The number of aromatic nitrogens is 2. The summed E-state index contributed by atoms with van der Waals surface area (Å²) < 4.78 is 2.07. The van der Waals surface area contributed by atoms with Gasteiger partial charge in [0, 0.05) is 11.9 Å². The molecule has 3 nitrogen and oxygen atoms in total. The fourth-order valence-electron chi connectivity index (χ4n) is 2.48. The van der Waals surface area contributed by atoms with E-state index >= 15 is 0 Å². The lowest BCUT2D eigenvalue weighted by molar-refractivity contribution is 0.433. The highest BCUT2D eigenvalue weighted by atomic mass is 15.3. The van der Waals surface area contributed by atoms with E-state index in [0.717, 1.165) is 19.5 Å². The minimum Gasteiger partial charge on any atom is -0.308 e. The summed E-state index contributed by atoms with van der Waals surface area (Å²) in [6.07, 6.45) is 3.01. The normalized spacial score (nSPS) is 12.8. The highest BCUT2D eigenvalue weighted by Gasteiger charge is 2.13. The van der Waals surface area contributed by atoms with Crippen LogP contribution in [0.3, 0.4) is 0 Å². The van der Waals surface area contributed by atoms with Gasteiger partial charge in [-0.05, 0) is 43.0 Å². The van der Waals surface area contributed by atoms with Crippen molar-refractivity contribution in [3.8, 4) is 0 Å². The summed E-state index contributed by atoms with van der Waals surface area (Å²) in [5.74, 6) is 0.578. The molecule has 0 saturated heterocycles. The van der Waals surface area contributed by atoms with Gasteiger partial charge in [0.05, 0.1) is 12.6 Å². The van der Waals surface area contributed by atoms with Crippen LogP contribution in [0.1, 0.15) is 56.0 Å². The van der Waals surface area contributed by atoms with Crippen molar-refractivity contribution in [3.05, 3.63) is 53.3 Å². The maximum absolute atomic E-state index is 4.41. The number of hydrogen-bond acceptors (Lipinski definition) is 2. The zero-order chi connectivity index (χ0) is 15.2. The third-order valence-corrected chi connectivity index (χ3v) is 3.93. The summed E-state index contributed by atoms with van der Waals surface area (Å²) in [7, 11) is 0. The molecule has 1 aromatic carbocycles. The zero-order valence-electron chi connectivity index (χ0n) is 13.6. The summed E-state index contributed by atoms with van der Waals surface area (Å²) in [5.41, 5.74) is 3.93. The van der Waals surface area contributed by atoms with Crippen LogP contribution < -0.4 is 5.32 Å². The van der Waals surface area contributed by atoms with Crippen molar-refractivity contribution in [1.82, 2.24) is 15.1 Å². The van der Waals surface area contributed by atoms with Gasteiger partial charge in [0.2, 0.25) is 0 Å². The maximum atomic E-state index is 4.41. The summed E-state index contributed by atoms with van der Waals surface area (Å²) in [4.78, 5) is 0. The molecule has 114 valence electrons. The van der Waals surface area contributed by atoms with E-state index in [9.17, 15) is 0 Å². The van der Waals surface area contributed by atoms with Crippen molar-refractivity contribution in [2.24, 2.45) is 0 Å². The van der Waals surface area contributed by atoms with Crippen molar-refractivity contribution >= 4 is 0 Å². The Morgan fingerprint density at radius 3 is 2.29 bits per heavy atom. The van der Waals surface area contributed by atoms with Gasteiger partial charge in [-0.15, -0.1) is 0 Å². The molecule has 1 aromatic heterocycles. The van der Waals surface area contributed by atoms with Crippen LogP contribution in [0.5, 0.6) is 0 Å². The smallest absolute Gasteiger partial charge is 0.0607 e. The van der Waals surface area contributed by atoms with Gasteiger partial charge in [-0.25, -0.2) is 0 Å². The van der Waals surface area contributed by atoms with Gasteiger partial charge in [-0.3, -0.25) is 4.68 Å². The molecule has 0 aliphatic heterocycles. The molecule has 2 aromatic rings. The first-order chi connectivity index (χ1) is 10.1. The number of hydrogen-bond donors (Lipinski definition) is 1. The van der Waals surface area contributed by atoms with Gasteiger partial charge in [0.25, 0.3) is 0 Å². The highest BCUT2D eigenvalue weighted by Crippen LogP contribution is 2.20. The van der Waals surface area contributed by atoms with Crippen LogP contribution in [0.15, 0.2) is 36.5 Å². The number of nitrogens with zero attached hydrogens (tertiary/aromatic N) is 2. The zero-order valence-corrected chi connectivity index (χ0v) is 13.6. The van der Waals surface area contributed by atoms with Crippen LogP contribution in [0.2, 0.25) is 0 Å². The number of aryl methyl sites for hydroxylation is 1. The summed E-state index contributed by atoms with van der Waals surface area (Å²) >= 11 is 0. The average Bonchev–Trinajstić information content (AvgIpc) is 2.88. The largest absolute Gasteiger partial charge is 0.308 e. The van der Waals surface area contributed by atoms with E-state index in [4.69, 9.17) is 0 Å². The fourth-order valence-corrected chi connectivity index (χ4v) is 2.48. The van der Waals surface area contributed by atoms with Gasteiger partial charge < -0.3 is 5.32 Å². The van der Waals surface area contributed by atoms with Crippen molar-refractivity contribution in [2.45, 2.75) is 52.6 Å². The summed E-state index contributed by atoms with van der Waals surface area (Å²) in [6.45, 7) is 10.7. The Balaban J connectivity index is 2.16. The quantitative estimate of drug-likeness (QED) is 0.831. The molecule has 0 bridgehead atoms. The SMILES string of the molecule is CCCNC(Cn1nccc1C)c1ccc(C(C)C)cc1. The molecule has 1 N–H and O–H groups in total. The standard InChI is InChI=1S/C18H27N3/c1-5-11-19-18(13-21-15(4)10-12-20-21)17-8-6-16(7-9-17)14(2)3/h6-10,12,14,18-19H,5,11,13H2,1-4H3. The Kier molecular flexibility index (Phi) is 5.57. The van der Waals surface area contributed by atoms with E-state index < -0.39 is 0 Å². The lowest BCUT2D eigenvalue weighted by Crippen LogP contribution is -2.27. The first-order valence-electron chi connectivity index (χ1n) is 7.93. The maximum Gasteiger partial charge on any atom is 0.0607 e. The van der Waals surface area contributed by atoms with Crippen LogP contribution in [-0.2, 0) is 6.54 Å². The van der Waals surface area contributed by atoms with E-state index in [1.165, 1.54) is 16.8 Å².